The molecule has 2 unspecified atom stereocenters. The van der Waals surface area contributed by atoms with Crippen molar-refractivity contribution in [2.45, 2.75) is 71.9 Å². The van der Waals surface area contributed by atoms with Crippen LogP contribution in [0.4, 0.5) is 0 Å². The first kappa shape index (κ1) is 14.0. The highest BCUT2D eigenvalue weighted by molar-refractivity contribution is 4.88. The smallest absolute Gasteiger partial charge is 0.0218 e. The number of piperidine rings is 1. The van der Waals surface area contributed by atoms with Gasteiger partial charge in [0.25, 0.3) is 0 Å². The maximum atomic E-state index is 6.14. The second-order valence-electron chi connectivity index (χ2n) is 5.56. The molecule has 2 heteroatoms. The number of nitrogens with two attached hydrogens (primary N) is 1. The predicted molar refractivity (Wildman–Crippen MR) is 71.6 cm³/mol. The van der Waals surface area contributed by atoms with Gasteiger partial charge >= 0.3 is 0 Å². The molecule has 2 nitrogen and oxygen atoms in total. The van der Waals surface area contributed by atoms with Crippen molar-refractivity contribution in [2.75, 3.05) is 13.1 Å². The lowest BCUT2D eigenvalue weighted by Crippen LogP contribution is -2.50. The van der Waals surface area contributed by atoms with Crippen molar-refractivity contribution in [3.05, 3.63) is 0 Å². The summed E-state index contributed by atoms with van der Waals surface area (Å²) >= 11 is 0. The fraction of sp³-hybridized carbons (Fsp3) is 1.00. The Bertz CT molecular complexity index is 189. The van der Waals surface area contributed by atoms with Crippen LogP contribution in [0.1, 0.15) is 59.8 Å². The van der Waals surface area contributed by atoms with E-state index in [1.165, 1.54) is 38.8 Å². The number of likely N-dealkylation sites (tertiary alicyclic amines) is 1. The van der Waals surface area contributed by atoms with Crippen LogP contribution in [-0.2, 0) is 0 Å². The van der Waals surface area contributed by atoms with Crippen LogP contribution in [0.3, 0.4) is 0 Å². The number of nitrogens with zero attached hydrogens (tertiary/aromatic N) is 1. The fourth-order valence-corrected chi connectivity index (χ4v) is 2.97. The molecule has 96 valence electrons. The second kappa shape index (κ2) is 6.02. The molecular formula is C14H30N2. The van der Waals surface area contributed by atoms with Gasteiger partial charge in [0.2, 0.25) is 0 Å². The number of hydrogen-bond donors (Lipinski definition) is 1. The highest BCUT2D eigenvalue weighted by atomic mass is 15.2. The molecule has 0 aromatic heterocycles. The van der Waals surface area contributed by atoms with Gasteiger partial charge < -0.3 is 5.73 Å². The summed E-state index contributed by atoms with van der Waals surface area (Å²) in [7, 11) is 0. The van der Waals surface area contributed by atoms with E-state index in [9.17, 15) is 0 Å². The summed E-state index contributed by atoms with van der Waals surface area (Å²) in [6.45, 7) is 11.7. The summed E-state index contributed by atoms with van der Waals surface area (Å²) in [4.78, 5) is 2.59. The Kier molecular flexibility index (Phi) is 5.26. The van der Waals surface area contributed by atoms with Gasteiger partial charge in [-0.1, -0.05) is 33.6 Å². The number of rotatable bonds is 5. The normalized spacial score (nSPS) is 25.3. The van der Waals surface area contributed by atoms with Crippen LogP contribution in [0.15, 0.2) is 0 Å². The van der Waals surface area contributed by atoms with Gasteiger partial charge in [-0.05, 0) is 44.7 Å². The third kappa shape index (κ3) is 2.98. The summed E-state index contributed by atoms with van der Waals surface area (Å²) in [5.41, 5.74) is 6.77. The van der Waals surface area contributed by atoms with E-state index >= 15 is 0 Å². The van der Waals surface area contributed by atoms with E-state index in [0.717, 1.165) is 6.42 Å². The molecular weight excluding hydrogens is 196 g/mol. The first-order valence-corrected chi connectivity index (χ1v) is 7.08. The van der Waals surface area contributed by atoms with E-state index in [4.69, 9.17) is 5.73 Å². The van der Waals surface area contributed by atoms with Crippen LogP contribution in [0, 0.1) is 5.41 Å². The average Bonchev–Trinajstić information content (AvgIpc) is 2.37. The van der Waals surface area contributed by atoms with Gasteiger partial charge in [-0.2, -0.15) is 0 Å². The average molecular weight is 226 g/mol. The van der Waals surface area contributed by atoms with Crippen LogP contribution in [0.25, 0.3) is 0 Å². The Morgan fingerprint density at radius 2 is 1.62 bits per heavy atom. The SMILES string of the molecule is CCC(N)C(C)N1CCC(CC)(CC)CC1. The fourth-order valence-electron chi connectivity index (χ4n) is 2.97. The number of hydrogen-bond acceptors (Lipinski definition) is 2. The summed E-state index contributed by atoms with van der Waals surface area (Å²) in [5, 5.41) is 0. The molecule has 0 radical (unpaired) electrons. The maximum absolute atomic E-state index is 6.14. The molecule has 1 fully saturated rings. The highest BCUT2D eigenvalue weighted by Crippen LogP contribution is 2.38. The monoisotopic (exact) mass is 226 g/mol. The molecule has 2 N–H and O–H groups in total. The van der Waals surface area contributed by atoms with Crippen LogP contribution in [0.2, 0.25) is 0 Å². The Labute approximate surface area is 102 Å². The van der Waals surface area contributed by atoms with Crippen LogP contribution in [0.5, 0.6) is 0 Å². The quantitative estimate of drug-likeness (QED) is 0.781. The minimum atomic E-state index is 0.343. The van der Waals surface area contributed by atoms with Gasteiger partial charge in [0.15, 0.2) is 0 Å². The zero-order valence-electron chi connectivity index (χ0n) is 11.6. The van der Waals surface area contributed by atoms with Gasteiger partial charge in [0.05, 0.1) is 0 Å². The van der Waals surface area contributed by atoms with E-state index < -0.39 is 0 Å². The molecule has 0 bridgehead atoms. The molecule has 0 saturated carbocycles. The van der Waals surface area contributed by atoms with E-state index in [-0.39, 0.29) is 0 Å². The summed E-state index contributed by atoms with van der Waals surface area (Å²) in [6, 6.07) is 0.896. The minimum Gasteiger partial charge on any atom is -0.326 e. The predicted octanol–water partition coefficient (Wildman–Crippen LogP) is 3.01. The zero-order chi connectivity index (χ0) is 12.2. The lowest BCUT2D eigenvalue weighted by molar-refractivity contribution is 0.0628. The maximum Gasteiger partial charge on any atom is 0.0218 e. The van der Waals surface area contributed by atoms with Gasteiger partial charge in [0.1, 0.15) is 0 Å². The third-order valence-corrected chi connectivity index (χ3v) is 5.03. The van der Waals surface area contributed by atoms with E-state index in [2.05, 4.69) is 32.6 Å². The van der Waals surface area contributed by atoms with Crippen molar-refractivity contribution in [3.63, 3.8) is 0 Å². The second-order valence-corrected chi connectivity index (χ2v) is 5.56. The molecule has 1 heterocycles. The van der Waals surface area contributed by atoms with Gasteiger partial charge in [-0.25, -0.2) is 0 Å². The molecule has 1 aliphatic heterocycles. The Balaban J connectivity index is 2.48. The molecule has 1 rings (SSSR count). The van der Waals surface area contributed by atoms with Crippen molar-refractivity contribution in [1.82, 2.24) is 4.90 Å². The molecule has 0 aromatic rings. The van der Waals surface area contributed by atoms with Crippen molar-refractivity contribution >= 4 is 0 Å². The van der Waals surface area contributed by atoms with Gasteiger partial charge in [-0.15, -0.1) is 0 Å². The lowest BCUT2D eigenvalue weighted by atomic mass is 9.74. The standard InChI is InChI=1S/C14H30N2/c1-5-13(15)12(4)16-10-8-14(6-2,7-3)9-11-16/h12-13H,5-11,15H2,1-4H3. The summed E-state index contributed by atoms with van der Waals surface area (Å²) in [5.74, 6) is 0. The molecule has 1 aliphatic rings. The van der Waals surface area contributed by atoms with Crippen LogP contribution < -0.4 is 5.73 Å². The first-order valence-electron chi connectivity index (χ1n) is 7.08. The molecule has 0 spiro atoms. The van der Waals surface area contributed by atoms with Crippen LogP contribution in [-0.4, -0.2) is 30.1 Å². The molecule has 0 aliphatic carbocycles. The largest absolute Gasteiger partial charge is 0.326 e. The third-order valence-electron chi connectivity index (χ3n) is 5.03. The Morgan fingerprint density at radius 3 is 2.00 bits per heavy atom. The summed E-state index contributed by atoms with van der Waals surface area (Å²) in [6.07, 6.45) is 6.49. The van der Waals surface area contributed by atoms with Gasteiger partial charge in [-0.3, -0.25) is 4.90 Å². The van der Waals surface area contributed by atoms with Gasteiger partial charge in [0, 0.05) is 12.1 Å². The molecule has 2 atom stereocenters. The van der Waals surface area contributed by atoms with E-state index in [1.54, 1.807) is 0 Å². The first-order chi connectivity index (χ1) is 7.58. The van der Waals surface area contributed by atoms with Crippen molar-refractivity contribution < 1.29 is 0 Å². The highest BCUT2D eigenvalue weighted by Gasteiger charge is 2.33. The van der Waals surface area contributed by atoms with E-state index in [1.807, 2.05) is 0 Å². The molecule has 16 heavy (non-hydrogen) atoms. The Morgan fingerprint density at radius 1 is 1.12 bits per heavy atom. The van der Waals surface area contributed by atoms with Crippen molar-refractivity contribution in [3.8, 4) is 0 Å². The molecule has 1 saturated heterocycles. The topological polar surface area (TPSA) is 29.3 Å². The lowest BCUT2D eigenvalue weighted by Gasteiger charge is -2.44. The Hall–Kier alpha value is -0.0800. The molecule has 0 aromatic carbocycles. The van der Waals surface area contributed by atoms with Crippen molar-refractivity contribution in [1.29, 1.82) is 0 Å². The van der Waals surface area contributed by atoms with E-state index in [0.29, 0.717) is 17.5 Å². The van der Waals surface area contributed by atoms with Crippen LogP contribution >= 0.6 is 0 Å². The minimum absolute atomic E-state index is 0.343. The summed E-state index contributed by atoms with van der Waals surface area (Å²) < 4.78 is 0. The molecule has 0 amide bonds. The zero-order valence-corrected chi connectivity index (χ0v) is 11.6. The van der Waals surface area contributed by atoms with Crippen molar-refractivity contribution in [2.24, 2.45) is 11.1 Å².